The molecule has 4 heteroatoms. The quantitative estimate of drug-likeness (QED) is 0.474. The molecule has 1 N–H and O–H groups in total. The van der Waals surface area contributed by atoms with E-state index >= 15 is 0 Å². The van der Waals surface area contributed by atoms with Crippen molar-refractivity contribution in [1.82, 2.24) is 14.9 Å². The molecule has 0 aliphatic heterocycles. The maximum Gasteiger partial charge on any atom is 0.207 e. The van der Waals surface area contributed by atoms with Crippen molar-refractivity contribution in [2.75, 3.05) is 6.54 Å². The van der Waals surface area contributed by atoms with E-state index in [1.807, 2.05) is 6.07 Å². The van der Waals surface area contributed by atoms with Gasteiger partial charge in [0.05, 0.1) is 11.0 Å². The summed E-state index contributed by atoms with van der Waals surface area (Å²) in [4.78, 5) is 15.2. The predicted octanol–water partition coefficient (Wildman–Crippen LogP) is 4.08. The molecule has 126 valence electrons. The molecule has 0 atom stereocenters. The summed E-state index contributed by atoms with van der Waals surface area (Å²) in [6, 6.07) is 8.30. The van der Waals surface area contributed by atoms with E-state index in [2.05, 4.69) is 35.0 Å². The molecule has 0 radical (unpaired) electrons. The summed E-state index contributed by atoms with van der Waals surface area (Å²) in [6.07, 6.45) is 10.7. The van der Waals surface area contributed by atoms with Gasteiger partial charge in [-0.3, -0.25) is 4.79 Å². The Morgan fingerprint density at radius 2 is 1.83 bits per heavy atom. The Balaban J connectivity index is 1.91. The van der Waals surface area contributed by atoms with Gasteiger partial charge in [0.15, 0.2) is 0 Å². The number of amides is 1. The first-order valence-electron chi connectivity index (χ1n) is 8.98. The minimum Gasteiger partial charge on any atom is -0.358 e. The second-order valence-corrected chi connectivity index (χ2v) is 6.11. The maximum atomic E-state index is 10.4. The van der Waals surface area contributed by atoms with Gasteiger partial charge in [-0.1, -0.05) is 57.6 Å². The molecule has 0 saturated heterocycles. The third kappa shape index (κ3) is 5.38. The number of fused-ring (bicyclic) bond motifs is 1. The predicted molar refractivity (Wildman–Crippen MR) is 95.5 cm³/mol. The third-order valence-corrected chi connectivity index (χ3v) is 4.30. The number of aryl methyl sites for hydroxylation is 1. The zero-order valence-electron chi connectivity index (χ0n) is 14.3. The number of nitrogens with one attached hydrogen (secondary N) is 1. The average Bonchev–Trinajstić information content (AvgIpc) is 2.92. The van der Waals surface area contributed by atoms with E-state index in [1.165, 1.54) is 50.5 Å². The molecule has 0 aliphatic carbocycles. The molecule has 1 amide bonds. The maximum absolute atomic E-state index is 10.4. The van der Waals surface area contributed by atoms with Gasteiger partial charge in [0.1, 0.15) is 5.82 Å². The van der Waals surface area contributed by atoms with Crippen molar-refractivity contribution in [3.8, 4) is 0 Å². The van der Waals surface area contributed by atoms with Crippen molar-refractivity contribution in [3.63, 3.8) is 0 Å². The van der Waals surface area contributed by atoms with E-state index in [0.717, 1.165) is 30.7 Å². The lowest BCUT2D eigenvalue weighted by Crippen LogP contribution is -2.17. The first-order valence-corrected chi connectivity index (χ1v) is 8.98. The molecule has 0 saturated carbocycles. The molecule has 1 heterocycles. The Bertz CT molecular complexity index is 591. The first-order chi connectivity index (χ1) is 11.4. The van der Waals surface area contributed by atoms with Crippen LogP contribution in [-0.4, -0.2) is 22.5 Å². The molecule has 0 unspecified atom stereocenters. The summed E-state index contributed by atoms with van der Waals surface area (Å²) >= 11 is 0. The van der Waals surface area contributed by atoms with E-state index in [9.17, 15) is 4.79 Å². The van der Waals surface area contributed by atoms with E-state index in [4.69, 9.17) is 4.98 Å². The average molecular weight is 315 g/mol. The number of carbonyl (C=O) groups excluding carboxylic acids is 1. The number of para-hydroxylation sites is 2. The largest absolute Gasteiger partial charge is 0.358 e. The smallest absolute Gasteiger partial charge is 0.207 e. The third-order valence-electron chi connectivity index (χ3n) is 4.30. The molecule has 2 rings (SSSR count). The summed E-state index contributed by atoms with van der Waals surface area (Å²) in [5.74, 6) is 1.08. The van der Waals surface area contributed by atoms with Gasteiger partial charge in [-0.25, -0.2) is 4.98 Å². The van der Waals surface area contributed by atoms with Gasteiger partial charge in [0, 0.05) is 19.5 Å². The lowest BCUT2D eigenvalue weighted by atomic mass is 10.1. The molecule has 4 nitrogen and oxygen atoms in total. The van der Waals surface area contributed by atoms with Gasteiger partial charge in [0.2, 0.25) is 6.41 Å². The second-order valence-electron chi connectivity index (χ2n) is 6.11. The van der Waals surface area contributed by atoms with Gasteiger partial charge >= 0.3 is 0 Å². The molecule has 0 bridgehead atoms. The fourth-order valence-corrected chi connectivity index (χ4v) is 3.04. The van der Waals surface area contributed by atoms with Crippen LogP contribution >= 0.6 is 0 Å². The number of rotatable bonds is 12. The van der Waals surface area contributed by atoms with E-state index in [0.29, 0.717) is 6.54 Å². The molecular weight excluding hydrogens is 286 g/mol. The first kappa shape index (κ1) is 17.5. The fourth-order valence-electron chi connectivity index (χ4n) is 3.04. The van der Waals surface area contributed by atoms with Crippen molar-refractivity contribution < 1.29 is 4.79 Å². The Labute approximate surface area is 139 Å². The summed E-state index contributed by atoms with van der Waals surface area (Å²) in [5, 5.41) is 2.73. The highest BCUT2D eigenvalue weighted by atomic mass is 16.1. The van der Waals surface area contributed by atoms with Crippen LogP contribution in [0.4, 0.5) is 0 Å². The lowest BCUT2D eigenvalue weighted by molar-refractivity contribution is -0.109. The zero-order valence-corrected chi connectivity index (χ0v) is 14.3. The Morgan fingerprint density at radius 3 is 2.61 bits per heavy atom. The van der Waals surface area contributed by atoms with Crippen LogP contribution in [0.1, 0.15) is 57.7 Å². The zero-order chi connectivity index (χ0) is 16.3. The molecule has 1 aromatic carbocycles. The Kier molecular flexibility index (Phi) is 7.64. The summed E-state index contributed by atoms with van der Waals surface area (Å²) in [7, 11) is 0. The van der Waals surface area contributed by atoms with Crippen LogP contribution in [0.15, 0.2) is 24.3 Å². The van der Waals surface area contributed by atoms with Crippen molar-refractivity contribution >= 4 is 17.4 Å². The van der Waals surface area contributed by atoms with Crippen LogP contribution in [0, 0.1) is 0 Å². The molecule has 1 aromatic heterocycles. The van der Waals surface area contributed by atoms with Gasteiger partial charge in [-0.05, 0) is 18.6 Å². The lowest BCUT2D eigenvalue weighted by Gasteiger charge is -2.09. The number of benzene rings is 1. The number of imidazole rings is 1. The van der Waals surface area contributed by atoms with E-state index in [1.54, 1.807) is 0 Å². The van der Waals surface area contributed by atoms with Crippen LogP contribution in [0.5, 0.6) is 0 Å². The van der Waals surface area contributed by atoms with Crippen LogP contribution in [0.3, 0.4) is 0 Å². The Morgan fingerprint density at radius 1 is 1.09 bits per heavy atom. The molecule has 0 aliphatic rings. The second kappa shape index (κ2) is 10.0. The molecule has 2 aromatic rings. The van der Waals surface area contributed by atoms with Crippen molar-refractivity contribution in [1.29, 1.82) is 0 Å². The SMILES string of the molecule is CCCCCCCCCn1c(CCNC=O)nc2ccccc21. The minimum absolute atomic E-state index is 0.643. The van der Waals surface area contributed by atoms with Crippen LogP contribution < -0.4 is 5.32 Å². The molecule has 0 fully saturated rings. The number of carbonyl (C=O) groups is 1. The van der Waals surface area contributed by atoms with Crippen LogP contribution in [0.2, 0.25) is 0 Å². The number of nitrogens with zero attached hydrogens (tertiary/aromatic N) is 2. The highest BCUT2D eigenvalue weighted by Crippen LogP contribution is 2.18. The van der Waals surface area contributed by atoms with Gasteiger partial charge in [-0.15, -0.1) is 0 Å². The topological polar surface area (TPSA) is 46.9 Å². The fraction of sp³-hybridized carbons (Fsp3) is 0.579. The standard InChI is InChI=1S/C19H29N3O/c1-2-3-4-5-6-7-10-15-22-18-12-9-8-11-17(18)21-19(22)13-14-20-16-23/h8-9,11-12,16H,2-7,10,13-15H2,1H3,(H,20,23). The monoisotopic (exact) mass is 315 g/mol. The molecular formula is C19H29N3O. The summed E-state index contributed by atoms with van der Waals surface area (Å²) in [5.41, 5.74) is 2.26. The van der Waals surface area contributed by atoms with E-state index in [-0.39, 0.29) is 0 Å². The highest BCUT2D eigenvalue weighted by Gasteiger charge is 2.09. The van der Waals surface area contributed by atoms with Crippen molar-refractivity contribution in [3.05, 3.63) is 30.1 Å². The van der Waals surface area contributed by atoms with E-state index < -0.39 is 0 Å². The van der Waals surface area contributed by atoms with Crippen molar-refractivity contribution in [2.24, 2.45) is 0 Å². The van der Waals surface area contributed by atoms with Crippen molar-refractivity contribution in [2.45, 2.75) is 64.8 Å². The van der Waals surface area contributed by atoms with Gasteiger partial charge in [-0.2, -0.15) is 0 Å². The Hall–Kier alpha value is -1.84. The highest BCUT2D eigenvalue weighted by molar-refractivity contribution is 5.75. The number of aromatic nitrogens is 2. The molecule has 23 heavy (non-hydrogen) atoms. The van der Waals surface area contributed by atoms with Gasteiger partial charge < -0.3 is 9.88 Å². The number of hydrogen-bond donors (Lipinski definition) is 1. The minimum atomic E-state index is 0.643. The molecule has 0 spiro atoms. The van der Waals surface area contributed by atoms with Crippen LogP contribution in [-0.2, 0) is 17.8 Å². The number of hydrogen-bond acceptors (Lipinski definition) is 2. The number of unbranched alkanes of at least 4 members (excludes halogenated alkanes) is 6. The van der Waals surface area contributed by atoms with Gasteiger partial charge in [0.25, 0.3) is 0 Å². The normalized spacial score (nSPS) is 11.0. The summed E-state index contributed by atoms with van der Waals surface area (Å²) in [6.45, 7) is 3.92. The summed E-state index contributed by atoms with van der Waals surface area (Å²) < 4.78 is 2.33. The van der Waals surface area contributed by atoms with Crippen LogP contribution in [0.25, 0.3) is 11.0 Å².